The zero-order valence-corrected chi connectivity index (χ0v) is 56.4. The Kier molecular flexibility index (Phi) is 40.7. The number of benzene rings is 1. The number of amides is 3. The van der Waals surface area contributed by atoms with E-state index in [1.54, 1.807) is 67.3 Å². The van der Waals surface area contributed by atoms with E-state index in [0.29, 0.717) is 25.9 Å². The summed E-state index contributed by atoms with van der Waals surface area (Å²) >= 11 is 0. The average Bonchev–Trinajstić information content (AvgIpc) is 4.47. The van der Waals surface area contributed by atoms with Crippen molar-refractivity contribution in [1.82, 2.24) is 75.8 Å². The number of alkyl halides is 3. The van der Waals surface area contributed by atoms with Crippen LogP contribution in [0, 0.1) is 0 Å². The van der Waals surface area contributed by atoms with E-state index in [4.69, 9.17) is 9.47 Å². The Morgan fingerprint density at radius 2 is 0.674 bits per heavy atom. The van der Waals surface area contributed by atoms with Crippen LogP contribution in [0.3, 0.4) is 0 Å². The molecule has 0 saturated heterocycles. The number of nitrogens with zero attached hydrogens (tertiary/aromatic N) is 10. The Balaban J connectivity index is 0.000000640. The fourth-order valence-corrected chi connectivity index (χ4v) is 7.21. The molecule has 0 spiro atoms. The molecule has 5 N–H and O–H groups in total. The molecule has 11 aromatic rings. The number of rotatable bonds is 18. The summed E-state index contributed by atoms with van der Waals surface area (Å²) in [5.74, 6) is -2.78. The molecule has 0 aliphatic carbocycles. The molecule has 0 radical (unpaired) electrons. The molecular formula is C63H58Cl4F3N15O5Os2. The number of imidazole rings is 2. The van der Waals surface area contributed by atoms with Crippen LogP contribution in [0.15, 0.2) is 238 Å². The zero-order valence-electron chi connectivity index (χ0n) is 48.3. The maximum Gasteiger partial charge on any atom is 2.00 e. The first-order chi connectivity index (χ1) is 42.1. The van der Waals surface area contributed by atoms with Crippen LogP contribution in [-0.2, 0) is 73.4 Å². The molecule has 0 fully saturated rings. The van der Waals surface area contributed by atoms with Gasteiger partial charge < -0.3 is 85.0 Å². The Labute approximate surface area is 579 Å². The molecule has 10 aromatic heterocycles. The normalized spacial score (nSPS) is 9.60. The molecule has 0 aliphatic heterocycles. The van der Waals surface area contributed by atoms with E-state index in [9.17, 15) is 27.6 Å². The van der Waals surface area contributed by atoms with Gasteiger partial charge in [-0.15, -0.1) is 0 Å². The van der Waals surface area contributed by atoms with Crippen LogP contribution in [0.1, 0.15) is 17.0 Å². The van der Waals surface area contributed by atoms with Crippen molar-refractivity contribution in [2.45, 2.75) is 25.6 Å². The zero-order chi connectivity index (χ0) is 60.3. The first-order valence-electron chi connectivity index (χ1n) is 26.6. The molecule has 20 nitrogen and oxygen atoms in total. The van der Waals surface area contributed by atoms with Crippen LogP contribution in [0.5, 0.6) is 11.5 Å². The summed E-state index contributed by atoms with van der Waals surface area (Å²) in [4.78, 5) is 82.5. The van der Waals surface area contributed by atoms with Crippen molar-refractivity contribution in [3.8, 4) is 57.1 Å². The second-order valence-electron chi connectivity index (χ2n) is 17.6. The predicted octanol–water partition coefficient (Wildman–Crippen LogP) is -2.63. The number of carbonyl (C=O) groups is 3. The van der Waals surface area contributed by atoms with Gasteiger partial charge in [0.15, 0.2) is 13.2 Å². The van der Waals surface area contributed by atoms with E-state index in [1.807, 2.05) is 146 Å². The standard InChI is InChI=1S/C23H26F3N7O5.4C10H8N2.4ClH.2Os/c24-23(25,26)22(36)31-8-15-5-18(37-11-20(34)29-3-1-16-9-27-13-32-16)7-19(6-15)38-12-21(35)30-4-2-17-10-28-14-33-17;4*1-3-7-11-9(5-1)10-6-2-4-8-12-10;;;;;;/h5-7,9-10,13-14H,1-4,8,11-12H2,(H,27,32)(H,28,33)(H,29,34)(H,30,35)(H,31,36);4*1-8H;4*1H;;/q;;;;;;;;;2*+2/p-4. The first kappa shape index (κ1) is 81.1. The Morgan fingerprint density at radius 3 is 0.891 bits per heavy atom. The Hall–Kier alpha value is -8.93. The van der Waals surface area contributed by atoms with Crippen LogP contribution < -0.4 is 75.1 Å². The summed E-state index contributed by atoms with van der Waals surface area (Å²) in [5.41, 5.74) is 9.20. The molecule has 480 valence electrons. The van der Waals surface area contributed by atoms with Crippen molar-refractivity contribution < 1.29 is 126 Å². The predicted molar refractivity (Wildman–Crippen MR) is 316 cm³/mol. The number of aromatic amines is 2. The van der Waals surface area contributed by atoms with Gasteiger partial charge in [-0.05, 0) is 115 Å². The minimum Gasteiger partial charge on any atom is -1.00 e. The van der Waals surface area contributed by atoms with Crippen molar-refractivity contribution in [3.05, 3.63) is 255 Å². The molecule has 10 heterocycles. The van der Waals surface area contributed by atoms with Gasteiger partial charge in [-0.2, -0.15) is 13.2 Å². The summed E-state index contributed by atoms with van der Waals surface area (Å²) < 4.78 is 48.6. The summed E-state index contributed by atoms with van der Waals surface area (Å²) in [6.07, 6.45) is 16.5. The molecule has 0 atom stereocenters. The van der Waals surface area contributed by atoms with E-state index in [2.05, 4.69) is 70.4 Å². The number of hydrogen-bond donors (Lipinski definition) is 5. The van der Waals surface area contributed by atoms with E-state index >= 15 is 0 Å². The van der Waals surface area contributed by atoms with Crippen LogP contribution in [0.2, 0.25) is 0 Å². The largest absolute Gasteiger partial charge is 2.00 e. The molecular weight excluding hydrogens is 1630 g/mol. The minimum atomic E-state index is -5.05. The number of hydrogen-bond acceptors (Lipinski definition) is 15. The van der Waals surface area contributed by atoms with Crippen LogP contribution >= 0.6 is 0 Å². The number of H-pyrrole nitrogens is 2. The third-order valence-electron chi connectivity index (χ3n) is 11.3. The number of nitrogens with one attached hydrogen (secondary N) is 5. The number of ether oxygens (including phenoxy) is 2. The van der Waals surface area contributed by atoms with E-state index in [0.717, 1.165) is 56.9 Å². The third kappa shape index (κ3) is 30.7. The van der Waals surface area contributed by atoms with Gasteiger partial charge in [0.05, 0.1) is 58.2 Å². The molecule has 92 heavy (non-hydrogen) atoms. The second-order valence-corrected chi connectivity index (χ2v) is 17.6. The number of pyridine rings is 8. The number of carbonyl (C=O) groups excluding carboxylic acids is 3. The van der Waals surface area contributed by atoms with Gasteiger partial charge in [0.2, 0.25) is 0 Å². The smallest absolute Gasteiger partial charge is 1.00 e. The first-order valence-corrected chi connectivity index (χ1v) is 26.6. The van der Waals surface area contributed by atoms with Crippen LogP contribution in [0.4, 0.5) is 13.2 Å². The summed E-state index contributed by atoms with van der Waals surface area (Å²) in [5, 5.41) is 7.08. The summed E-state index contributed by atoms with van der Waals surface area (Å²) in [6.45, 7) is -0.585. The van der Waals surface area contributed by atoms with Gasteiger partial charge in [-0.25, -0.2) is 9.97 Å². The van der Waals surface area contributed by atoms with Gasteiger partial charge in [-0.3, -0.25) is 54.3 Å². The fourth-order valence-electron chi connectivity index (χ4n) is 7.21. The maximum absolute atomic E-state index is 12.6. The monoisotopic (exact) mass is 1690 g/mol. The van der Waals surface area contributed by atoms with Gasteiger partial charge in [0.1, 0.15) is 11.5 Å². The second kappa shape index (κ2) is 46.2. The molecule has 0 aliphatic rings. The molecule has 1 aromatic carbocycles. The van der Waals surface area contributed by atoms with E-state index in [-0.39, 0.29) is 119 Å². The van der Waals surface area contributed by atoms with Crippen LogP contribution in [0.25, 0.3) is 45.6 Å². The molecule has 0 bridgehead atoms. The molecule has 11 rings (SSSR count). The third-order valence-corrected chi connectivity index (χ3v) is 11.3. The van der Waals surface area contributed by atoms with Gasteiger partial charge in [-0.1, -0.05) is 48.5 Å². The van der Waals surface area contributed by atoms with E-state index < -0.39 is 30.4 Å². The quantitative estimate of drug-likeness (QED) is 0.0589. The minimum absolute atomic E-state index is 0. The fraction of sp³-hybridized carbons (Fsp3) is 0.127. The number of aromatic nitrogens is 12. The molecule has 29 heteroatoms. The van der Waals surface area contributed by atoms with Crippen LogP contribution in [-0.4, -0.2) is 110 Å². The van der Waals surface area contributed by atoms with Gasteiger partial charge in [0, 0.05) is 112 Å². The Bertz CT molecular complexity index is 3150. The van der Waals surface area contributed by atoms with Gasteiger partial charge >= 0.3 is 51.7 Å². The molecule has 0 saturated carbocycles. The molecule has 3 amide bonds. The SMILES string of the molecule is O=C(COc1cc(CNC(=O)C(F)(F)F)cc(OCC(=O)NCCc2cnc[nH]2)c1)NCCc1cnc[nH]1.[Cl-].[Cl-].[Cl-].[Cl-].[Os+2].[Os+2].c1ccc(-c2ccccn2)nc1.c1ccc(-c2ccccn2)nc1.c1ccc(-c2ccccn2)nc1.c1ccc(-c2ccccn2)nc1. The van der Waals surface area contributed by atoms with E-state index in [1.165, 1.54) is 30.9 Å². The summed E-state index contributed by atoms with van der Waals surface area (Å²) in [6, 6.07) is 50.5. The van der Waals surface area contributed by atoms with Crippen molar-refractivity contribution in [3.63, 3.8) is 0 Å². The maximum atomic E-state index is 12.6. The topological polar surface area (TPSA) is 266 Å². The summed E-state index contributed by atoms with van der Waals surface area (Å²) in [7, 11) is 0. The van der Waals surface area contributed by atoms with Gasteiger partial charge in [0.25, 0.3) is 11.8 Å². The van der Waals surface area contributed by atoms with Crippen molar-refractivity contribution in [2.75, 3.05) is 26.3 Å². The Morgan fingerprint density at radius 1 is 0.402 bits per heavy atom. The van der Waals surface area contributed by atoms with Crippen molar-refractivity contribution >= 4 is 17.7 Å². The number of halogens is 7. The molecule has 0 unspecified atom stereocenters. The van der Waals surface area contributed by atoms with Crippen molar-refractivity contribution in [2.24, 2.45) is 0 Å². The van der Waals surface area contributed by atoms with Crippen molar-refractivity contribution in [1.29, 1.82) is 0 Å². The average molecular weight is 1680 g/mol.